The fourth-order valence-corrected chi connectivity index (χ4v) is 4.00. The molecule has 0 spiro atoms. The highest BCUT2D eigenvalue weighted by Gasteiger charge is 2.40. The Hall–Kier alpha value is -0.533. The highest BCUT2D eigenvalue weighted by molar-refractivity contribution is 7.54. The molecule has 1 N–H and O–H groups in total. The molecule has 0 fully saturated rings. The van der Waals surface area contributed by atoms with E-state index in [1.54, 1.807) is 0 Å². The van der Waals surface area contributed by atoms with E-state index in [4.69, 9.17) is 18.6 Å². The Kier molecular flexibility index (Phi) is 8.33. The van der Waals surface area contributed by atoms with Gasteiger partial charge in [0.25, 0.3) is 0 Å². The molecule has 0 aliphatic rings. The number of rotatable bonds is 10. The van der Waals surface area contributed by atoms with Crippen molar-refractivity contribution in [2.45, 2.75) is 57.8 Å². The molecule has 9 heteroatoms. The lowest BCUT2D eigenvalue weighted by Crippen LogP contribution is -2.45. The van der Waals surface area contributed by atoms with E-state index in [0.29, 0.717) is 0 Å². The largest absolute Gasteiger partial charge is 0.481 e. The average Bonchev–Trinajstić information content (AvgIpc) is 2.35. The highest BCUT2D eigenvalue weighted by Crippen LogP contribution is 2.46. The van der Waals surface area contributed by atoms with Crippen LogP contribution in [0.25, 0.3) is 0 Å². The average molecular weight is 368 g/mol. The second-order valence-electron chi connectivity index (χ2n) is 6.97. The van der Waals surface area contributed by atoms with Crippen LogP contribution in [0.4, 0.5) is 0 Å². The number of carbonyl (C=O) groups excluding carboxylic acids is 1. The summed E-state index contributed by atoms with van der Waals surface area (Å²) in [5.41, 5.74) is 0. The van der Waals surface area contributed by atoms with Gasteiger partial charge in [-0.15, -0.1) is 0 Å². The van der Waals surface area contributed by atoms with Gasteiger partial charge in [-0.3, -0.25) is 14.2 Å². The summed E-state index contributed by atoms with van der Waals surface area (Å²) in [5, 5.41) is 8.93. The van der Waals surface area contributed by atoms with Gasteiger partial charge in [-0.2, -0.15) is 0 Å². The van der Waals surface area contributed by atoms with Crippen molar-refractivity contribution in [3.63, 3.8) is 0 Å². The smallest absolute Gasteiger partial charge is 0.337 e. The molecule has 0 amide bonds. The van der Waals surface area contributed by atoms with Crippen LogP contribution in [0.15, 0.2) is 0 Å². The van der Waals surface area contributed by atoms with Crippen LogP contribution in [0.1, 0.15) is 33.6 Å². The molecular weight excluding hydrogens is 339 g/mol. The number of carboxylic acid groups (broad SMARTS) is 1. The van der Waals surface area contributed by atoms with E-state index in [0.717, 1.165) is 0 Å². The first-order valence-corrected chi connectivity index (χ1v) is 12.0. The number of aliphatic carboxylic acids is 1. The molecule has 0 aliphatic heterocycles. The highest BCUT2D eigenvalue weighted by atomic mass is 31.2. The molecule has 1 unspecified atom stereocenters. The summed E-state index contributed by atoms with van der Waals surface area (Å²) in [6.45, 7) is 10.1. The molecular formula is C14H29O7PSi. The molecule has 0 rings (SSSR count). The molecule has 0 radical (unpaired) electrons. The normalized spacial score (nSPS) is 14.6. The zero-order valence-electron chi connectivity index (χ0n) is 15.0. The molecule has 7 nitrogen and oxygen atoms in total. The molecule has 0 aromatic carbocycles. The SMILES string of the molecule is COP(=O)(CC(=O)CC(CC(=O)O)O[Si](C)(C)C(C)(C)C)OC. The van der Waals surface area contributed by atoms with Crippen LogP contribution in [-0.4, -0.2) is 51.7 Å². The number of hydrogen-bond acceptors (Lipinski definition) is 6. The number of carboxylic acids is 1. The van der Waals surface area contributed by atoms with E-state index in [1.807, 2.05) is 33.9 Å². The zero-order valence-corrected chi connectivity index (χ0v) is 16.9. The third-order valence-electron chi connectivity index (χ3n) is 4.05. The molecule has 23 heavy (non-hydrogen) atoms. The van der Waals surface area contributed by atoms with E-state index in [2.05, 4.69) is 0 Å². The quantitative estimate of drug-likeness (QED) is 0.466. The first kappa shape index (κ1) is 22.5. The fourth-order valence-electron chi connectivity index (χ4n) is 1.68. The molecule has 0 aromatic heterocycles. The molecule has 136 valence electrons. The van der Waals surface area contributed by atoms with E-state index in [1.165, 1.54) is 14.2 Å². The Balaban J connectivity index is 5.04. The standard InChI is InChI=1S/C14H29O7PSi/c1-14(2,3)23(6,7)21-12(9-13(16)17)8-11(15)10-22(18,19-4)20-5/h12H,8-10H2,1-7H3,(H,16,17). The minimum Gasteiger partial charge on any atom is -0.481 e. The van der Waals surface area contributed by atoms with Crippen LogP contribution >= 0.6 is 7.60 Å². The lowest BCUT2D eigenvalue weighted by atomic mass is 10.1. The van der Waals surface area contributed by atoms with Crippen LogP contribution in [0.3, 0.4) is 0 Å². The van der Waals surface area contributed by atoms with Gasteiger partial charge >= 0.3 is 13.6 Å². The van der Waals surface area contributed by atoms with Gasteiger partial charge in [-0.25, -0.2) is 0 Å². The third kappa shape index (κ3) is 7.72. The maximum atomic E-state index is 12.1. The summed E-state index contributed by atoms with van der Waals surface area (Å²) < 4.78 is 27.5. The third-order valence-corrected chi connectivity index (χ3v) is 10.4. The molecule has 0 saturated heterocycles. The summed E-state index contributed by atoms with van der Waals surface area (Å²) >= 11 is 0. The van der Waals surface area contributed by atoms with Crippen molar-refractivity contribution >= 4 is 27.7 Å². The maximum absolute atomic E-state index is 12.1. The topological polar surface area (TPSA) is 99.1 Å². The van der Waals surface area contributed by atoms with Gasteiger partial charge < -0.3 is 18.6 Å². The Bertz CT molecular complexity index is 462. The Morgan fingerprint density at radius 2 is 1.61 bits per heavy atom. The lowest BCUT2D eigenvalue weighted by molar-refractivity contribution is -0.139. The molecule has 0 aromatic rings. The van der Waals surface area contributed by atoms with Gasteiger partial charge in [0.1, 0.15) is 11.9 Å². The predicted molar refractivity (Wildman–Crippen MR) is 90.4 cm³/mol. The Morgan fingerprint density at radius 3 is 1.96 bits per heavy atom. The maximum Gasteiger partial charge on any atom is 0.337 e. The number of Topliss-reactive ketones (excluding diaryl/α,β-unsaturated/α-hetero) is 1. The van der Waals surface area contributed by atoms with Gasteiger partial charge in [-0.05, 0) is 18.1 Å². The number of ketones is 1. The van der Waals surface area contributed by atoms with E-state index >= 15 is 0 Å². The second-order valence-corrected chi connectivity index (χ2v) is 14.0. The Morgan fingerprint density at radius 1 is 1.13 bits per heavy atom. The van der Waals surface area contributed by atoms with Crippen molar-refractivity contribution in [3.05, 3.63) is 0 Å². The number of hydrogen-bond donors (Lipinski definition) is 1. The van der Waals surface area contributed by atoms with Crippen LogP contribution in [-0.2, 0) is 27.6 Å². The van der Waals surface area contributed by atoms with Gasteiger partial charge in [0.2, 0.25) is 0 Å². The summed E-state index contributed by atoms with van der Waals surface area (Å²) in [5.74, 6) is -1.44. The first-order valence-electron chi connectivity index (χ1n) is 7.38. The van der Waals surface area contributed by atoms with Gasteiger partial charge in [0.15, 0.2) is 8.32 Å². The van der Waals surface area contributed by atoms with Crippen molar-refractivity contribution in [2.75, 3.05) is 20.4 Å². The summed E-state index contributed by atoms with van der Waals surface area (Å²) in [6, 6.07) is 0. The minimum absolute atomic E-state index is 0.110. The fraction of sp³-hybridized carbons (Fsp3) is 0.857. The molecule has 0 bridgehead atoms. The van der Waals surface area contributed by atoms with Crippen molar-refractivity contribution in [1.82, 2.24) is 0 Å². The van der Waals surface area contributed by atoms with Gasteiger partial charge in [0.05, 0.1) is 12.5 Å². The van der Waals surface area contributed by atoms with Crippen LogP contribution in [0, 0.1) is 0 Å². The zero-order chi connectivity index (χ0) is 18.5. The van der Waals surface area contributed by atoms with Crippen molar-refractivity contribution < 1.29 is 32.7 Å². The van der Waals surface area contributed by atoms with Crippen LogP contribution < -0.4 is 0 Å². The molecule has 1 atom stereocenters. The molecule has 0 heterocycles. The lowest BCUT2D eigenvalue weighted by Gasteiger charge is -2.39. The van der Waals surface area contributed by atoms with E-state index in [-0.39, 0.29) is 17.9 Å². The van der Waals surface area contributed by atoms with Crippen molar-refractivity contribution in [3.8, 4) is 0 Å². The first-order chi connectivity index (χ1) is 10.3. The van der Waals surface area contributed by atoms with Crippen molar-refractivity contribution in [1.29, 1.82) is 0 Å². The van der Waals surface area contributed by atoms with Crippen LogP contribution in [0.2, 0.25) is 18.1 Å². The van der Waals surface area contributed by atoms with Crippen LogP contribution in [0.5, 0.6) is 0 Å². The monoisotopic (exact) mass is 368 g/mol. The summed E-state index contributed by atoms with van der Waals surface area (Å²) in [7, 11) is -3.26. The minimum atomic E-state index is -3.45. The van der Waals surface area contributed by atoms with E-state index in [9.17, 15) is 14.2 Å². The summed E-state index contributed by atoms with van der Waals surface area (Å²) in [4.78, 5) is 23.2. The summed E-state index contributed by atoms with van der Waals surface area (Å²) in [6.07, 6.45) is -1.54. The second kappa shape index (κ2) is 8.53. The molecule has 0 saturated carbocycles. The van der Waals surface area contributed by atoms with Crippen molar-refractivity contribution in [2.24, 2.45) is 0 Å². The van der Waals surface area contributed by atoms with Gasteiger partial charge in [0, 0.05) is 20.6 Å². The molecule has 0 aliphatic carbocycles. The number of carbonyl (C=O) groups is 2. The Labute approximate surface area is 139 Å². The van der Waals surface area contributed by atoms with Gasteiger partial charge in [-0.1, -0.05) is 20.8 Å². The predicted octanol–water partition coefficient (Wildman–Crippen LogP) is 3.30. The van der Waals surface area contributed by atoms with E-state index < -0.39 is 39.9 Å².